The van der Waals surface area contributed by atoms with Crippen molar-refractivity contribution in [1.29, 1.82) is 0 Å². The SMILES string of the molecule is Cc1nnnn1CC(=O)NC(C)[C@H]1C(=O)N2C(C(=O)O)=C(S[C@@H]3CN[C@H](C(=O)N4CC[C@@H](N)C4)C3)[C@H](C)[C@H]12. The number of fused-ring (bicyclic) bond motifs is 1. The van der Waals surface area contributed by atoms with Crippen molar-refractivity contribution in [1.82, 2.24) is 40.6 Å². The van der Waals surface area contributed by atoms with Gasteiger partial charge in [-0.3, -0.25) is 14.4 Å². The topological polar surface area (TPSA) is 189 Å². The van der Waals surface area contributed by atoms with Crippen molar-refractivity contribution in [3.8, 4) is 0 Å². The highest BCUT2D eigenvalue weighted by Gasteiger charge is 2.60. The van der Waals surface area contributed by atoms with E-state index in [-0.39, 0.29) is 59.3 Å². The summed E-state index contributed by atoms with van der Waals surface area (Å²) in [6, 6.07) is -1.18. The molecule has 0 spiro atoms. The largest absolute Gasteiger partial charge is 0.477 e. The first-order valence-corrected chi connectivity index (χ1v) is 13.7. The van der Waals surface area contributed by atoms with Gasteiger partial charge in [0.1, 0.15) is 18.1 Å². The van der Waals surface area contributed by atoms with Crippen LogP contribution in [0.2, 0.25) is 0 Å². The Morgan fingerprint density at radius 3 is 2.74 bits per heavy atom. The van der Waals surface area contributed by atoms with Crippen LogP contribution >= 0.6 is 11.8 Å². The summed E-state index contributed by atoms with van der Waals surface area (Å²) in [5, 5.41) is 27.2. The zero-order valence-electron chi connectivity index (χ0n) is 21.5. The Morgan fingerprint density at radius 1 is 1.34 bits per heavy atom. The van der Waals surface area contributed by atoms with Crippen LogP contribution in [-0.2, 0) is 25.7 Å². The summed E-state index contributed by atoms with van der Waals surface area (Å²) in [6.45, 7) is 7.06. The number of β-lactam (4-membered cyclic amide) rings is 1. The first-order valence-electron chi connectivity index (χ1n) is 12.8. The number of aromatic nitrogens is 4. The van der Waals surface area contributed by atoms with E-state index in [0.29, 0.717) is 36.8 Å². The van der Waals surface area contributed by atoms with Crippen molar-refractivity contribution in [3.05, 3.63) is 16.4 Å². The van der Waals surface area contributed by atoms with Crippen LogP contribution < -0.4 is 16.4 Å². The Labute approximate surface area is 223 Å². The highest BCUT2D eigenvalue weighted by Crippen LogP contribution is 2.51. The fourth-order valence-corrected chi connectivity index (χ4v) is 7.46. The number of thioether (sulfide) groups is 1. The number of carboxylic acids is 1. The lowest BCUT2D eigenvalue weighted by Crippen LogP contribution is -2.66. The van der Waals surface area contributed by atoms with Crippen LogP contribution in [0.5, 0.6) is 0 Å². The highest BCUT2D eigenvalue weighted by atomic mass is 32.2. The third-order valence-electron chi connectivity index (χ3n) is 7.94. The Balaban J connectivity index is 1.23. The molecule has 206 valence electrons. The third kappa shape index (κ3) is 4.66. The molecule has 3 saturated heterocycles. The van der Waals surface area contributed by atoms with Gasteiger partial charge in [-0.25, -0.2) is 9.48 Å². The van der Waals surface area contributed by atoms with Gasteiger partial charge in [-0.1, -0.05) is 6.92 Å². The Hall–Kier alpha value is -3.04. The number of carbonyl (C=O) groups is 4. The van der Waals surface area contributed by atoms with E-state index in [0.717, 1.165) is 6.42 Å². The van der Waals surface area contributed by atoms with Crippen molar-refractivity contribution < 1.29 is 24.3 Å². The van der Waals surface area contributed by atoms with Crippen molar-refractivity contribution in [2.24, 2.45) is 17.6 Å². The number of amides is 3. The van der Waals surface area contributed by atoms with Gasteiger partial charge in [0.05, 0.1) is 18.0 Å². The first-order chi connectivity index (χ1) is 18.1. The molecular weight excluding hydrogens is 514 g/mol. The van der Waals surface area contributed by atoms with E-state index in [4.69, 9.17) is 5.73 Å². The summed E-state index contributed by atoms with van der Waals surface area (Å²) in [5.74, 6) is -2.04. The molecule has 0 saturated carbocycles. The average molecular weight is 548 g/mol. The maximum atomic E-state index is 13.2. The molecule has 3 fully saturated rings. The second kappa shape index (κ2) is 10.3. The second-order valence-corrected chi connectivity index (χ2v) is 11.9. The molecule has 15 heteroatoms. The van der Waals surface area contributed by atoms with E-state index in [2.05, 4.69) is 26.2 Å². The predicted molar refractivity (Wildman–Crippen MR) is 135 cm³/mol. The number of hydrogen-bond donors (Lipinski definition) is 4. The zero-order valence-corrected chi connectivity index (χ0v) is 22.3. The molecule has 5 rings (SSSR count). The molecule has 5 N–H and O–H groups in total. The van der Waals surface area contributed by atoms with Gasteiger partial charge >= 0.3 is 5.97 Å². The lowest BCUT2D eigenvalue weighted by atomic mass is 9.78. The minimum Gasteiger partial charge on any atom is -0.477 e. The highest BCUT2D eigenvalue weighted by molar-refractivity contribution is 8.03. The number of carbonyl (C=O) groups excluding carboxylic acids is 3. The van der Waals surface area contributed by atoms with Crippen molar-refractivity contribution >= 4 is 35.5 Å². The van der Waals surface area contributed by atoms with Crippen LogP contribution in [0.15, 0.2) is 10.6 Å². The summed E-state index contributed by atoms with van der Waals surface area (Å²) in [4.78, 5) is 54.7. The number of likely N-dealkylation sites (tertiary alicyclic amines) is 1. The zero-order chi connectivity index (χ0) is 27.3. The minimum absolute atomic E-state index is 0.00376. The van der Waals surface area contributed by atoms with Crippen LogP contribution in [0.3, 0.4) is 0 Å². The molecule has 0 radical (unpaired) electrons. The van der Waals surface area contributed by atoms with Crippen LogP contribution in [0, 0.1) is 18.8 Å². The average Bonchev–Trinajstić information content (AvgIpc) is 3.63. The Bertz CT molecular complexity index is 1190. The molecule has 38 heavy (non-hydrogen) atoms. The molecule has 1 unspecified atom stereocenters. The molecule has 0 aliphatic carbocycles. The molecule has 1 aromatic rings. The van der Waals surface area contributed by atoms with Gasteiger partial charge in [0.15, 0.2) is 0 Å². The van der Waals surface area contributed by atoms with Gasteiger partial charge in [0.25, 0.3) is 0 Å². The quantitative estimate of drug-likeness (QED) is 0.271. The number of nitrogens with two attached hydrogens (primary N) is 1. The molecular formula is C23H33N9O5S. The van der Waals surface area contributed by atoms with Crippen LogP contribution in [0.4, 0.5) is 0 Å². The van der Waals surface area contributed by atoms with E-state index in [1.54, 1.807) is 18.7 Å². The number of aliphatic carboxylic acids is 1. The van der Waals surface area contributed by atoms with Gasteiger partial charge in [-0.2, -0.15) is 0 Å². The molecule has 3 amide bonds. The summed E-state index contributed by atoms with van der Waals surface area (Å²) >= 11 is 1.44. The lowest BCUT2D eigenvalue weighted by Gasteiger charge is -2.47. The molecule has 14 nitrogen and oxygen atoms in total. The van der Waals surface area contributed by atoms with Crippen LogP contribution in [0.1, 0.15) is 32.5 Å². The Morgan fingerprint density at radius 2 is 2.11 bits per heavy atom. The number of rotatable bonds is 8. The van der Waals surface area contributed by atoms with Crippen LogP contribution in [0.25, 0.3) is 0 Å². The number of nitrogens with zero attached hydrogens (tertiary/aromatic N) is 6. The second-order valence-electron chi connectivity index (χ2n) is 10.5. The lowest BCUT2D eigenvalue weighted by molar-refractivity contribution is -0.158. The molecule has 0 aromatic carbocycles. The maximum Gasteiger partial charge on any atom is 0.353 e. The third-order valence-corrected chi connectivity index (χ3v) is 9.45. The molecule has 1 aromatic heterocycles. The number of tetrazole rings is 1. The van der Waals surface area contributed by atoms with Gasteiger partial charge in [-0.05, 0) is 37.1 Å². The van der Waals surface area contributed by atoms with Gasteiger partial charge in [-0.15, -0.1) is 16.9 Å². The van der Waals surface area contributed by atoms with Crippen molar-refractivity contribution in [2.75, 3.05) is 19.6 Å². The van der Waals surface area contributed by atoms with Gasteiger partial charge in [0.2, 0.25) is 17.7 Å². The standard InChI is InChI=1S/C23H33N9O5S/c1-10-18-17(11(2)26-16(33)9-31-12(3)27-28-29-31)22(35)32(18)19(23(36)37)20(10)38-14-6-15(25-7-14)21(34)30-5-4-13(24)8-30/h10-11,13-15,17-18,25H,4-9,24H2,1-3H3,(H,26,33)(H,36,37)/t10-,11?,13-,14+,15+,17-,18-/m1/s1. The molecule has 4 aliphatic heterocycles. The fourth-order valence-electron chi connectivity index (χ4n) is 5.99. The number of carboxylic acid groups (broad SMARTS) is 1. The Kier molecular flexibility index (Phi) is 7.17. The molecule has 5 heterocycles. The molecule has 7 atom stereocenters. The summed E-state index contributed by atoms with van der Waals surface area (Å²) in [5.41, 5.74) is 5.96. The monoisotopic (exact) mass is 547 g/mol. The van der Waals surface area contributed by atoms with E-state index >= 15 is 0 Å². The van der Waals surface area contributed by atoms with Crippen molar-refractivity contribution in [2.45, 2.75) is 69.6 Å². The molecule has 4 aliphatic rings. The van der Waals surface area contributed by atoms with Crippen LogP contribution in [-0.4, -0.2) is 108 Å². The summed E-state index contributed by atoms with van der Waals surface area (Å²) in [7, 11) is 0. The minimum atomic E-state index is -1.15. The number of nitrogens with one attached hydrogen (secondary N) is 2. The summed E-state index contributed by atoms with van der Waals surface area (Å²) < 4.78 is 1.36. The van der Waals surface area contributed by atoms with Crippen molar-refractivity contribution in [3.63, 3.8) is 0 Å². The predicted octanol–water partition coefficient (Wildman–Crippen LogP) is -1.72. The normalized spacial score (nSPS) is 31.4. The number of aryl methyl sites for hydroxylation is 1. The number of hydrogen-bond acceptors (Lipinski definition) is 10. The first kappa shape index (κ1) is 26.6. The van der Waals surface area contributed by atoms with E-state index in [1.807, 2.05) is 6.92 Å². The summed E-state index contributed by atoms with van der Waals surface area (Å²) in [6.07, 6.45) is 1.37. The van der Waals surface area contributed by atoms with E-state index in [1.165, 1.54) is 21.3 Å². The van der Waals surface area contributed by atoms with E-state index < -0.39 is 17.9 Å². The smallest absolute Gasteiger partial charge is 0.353 e. The van der Waals surface area contributed by atoms with E-state index in [9.17, 15) is 24.3 Å². The van der Waals surface area contributed by atoms with Gasteiger partial charge < -0.3 is 31.3 Å². The fraction of sp³-hybridized carbons (Fsp3) is 0.696. The maximum absolute atomic E-state index is 13.2. The molecule has 0 bridgehead atoms. The van der Waals surface area contributed by atoms with Gasteiger partial charge in [0, 0.05) is 47.8 Å².